The highest BCUT2D eigenvalue weighted by atomic mass is 35.5. The molecule has 1 aromatic rings. The molecule has 0 radical (unpaired) electrons. The maximum atomic E-state index is 12.8. The average Bonchev–Trinajstić information content (AvgIpc) is 2.82. The zero-order chi connectivity index (χ0) is 17.9. The van der Waals surface area contributed by atoms with Gasteiger partial charge in [-0.3, -0.25) is 4.79 Å². The van der Waals surface area contributed by atoms with Crippen LogP contribution in [0.4, 0.5) is 0 Å². The lowest BCUT2D eigenvalue weighted by molar-refractivity contribution is 0.0761. The highest BCUT2D eigenvalue weighted by molar-refractivity contribution is 7.89. The fourth-order valence-corrected chi connectivity index (χ4v) is 4.31. The van der Waals surface area contributed by atoms with Crippen molar-refractivity contribution in [3.63, 3.8) is 0 Å². The molecule has 134 valence electrons. The average molecular weight is 373 g/mol. The first-order chi connectivity index (χ1) is 11.2. The number of halogens is 1. The summed E-state index contributed by atoms with van der Waals surface area (Å²) in [6.07, 6.45) is 4.17. The molecule has 0 aromatic heterocycles. The lowest BCUT2D eigenvalue weighted by Crippen LogP contribution is -2.34. The summed E-state index contributed by atoms with van der Waals surface area (Å²) in [5.41, 5.74) is 0.261. The number of rotatable bonds is 4. The van der Waals surface area contributed by atoms with Crippen molar-refractivity contribution in [2.24, 2.45) is 0 Å². The molecule has 7 heteroatoms. The number of hydrogen-bond acceptors (Lipinski definition) is 3. The van der Waals surface area contributed by atoms with Gasteiger partial charge in [0.15, 0.2) is 0 Å². The molecule has 1 amide bonds. The Labute approximate surface area is 149 Å². The normalized spacial score (nSPS) is 16.5. The Morgan fingerprint density at radius 3 is 2.29 bits per heavy atom. The minimum Gasteiger partial charge on any atom is -0.339 e. The van der Waals surface area contributed by atoms with E-state index in [1.165, 1.54) is 29.6 Å². The molecule has 1 saturated heterocycles. The van der Waals surface area contributed by atoms with E-state index < -0.39 is 10.0 Å². The Kier molecular flexibility index (Phi) is 6.28. The molecule has 2 rings (SSSR count). The van der Waals surface area contributed by atoms with Gasteiger partial charge in [-0.2, -0.15) is 4.31 Å². The van der Waals surface area contributed by atoms with Crippen LogP contribution >= 0.6 is 11.6 Å². The number of hydrogen-bond donors (Lipinski definition) is 0. The highest BCUT2D eigenvalue weighted by Crippen LogP contribution is 2.25. The van der Waals surface area contributed by atoms with Crippen LogP contribution in [0.2, 0.25) is 5.02 Å². The van der Waals surface area contributed by atoms with Crippen molar-refractivity contribution in [1.82, 2.24) is 9.21 Å². The quantitative estimate of drug-likeness (QED) is 0.814. The summed E-state index contributed by atoms with van der Waals surface area (Å²) in [5.74, 6) is -0.189. The van der Waals surface area contributed by atoms with Gasteiger partial charge in [0.05, 0.1) is 15.5 Å². The van der Waals surface area contributed by atoms with E-state index in [0.717, 1.165) is 25.7 Å². The fourth-order valence-electron chi connectivity index (χ4n) is 2.72. The second kappa shape index (κ2) is 7.85. The first-order valence-electron chi connectivity index (χ1n) is 8.32. The third-order valence-electron chi connectivity index (χ3n) is 4.47. The molecule has 1 aromatic carbocycles. The first-order valence-corrected chi connectivity index (χ1v) is 10.1. The van der Waals surface area contributed by atoms with E-state index in [-0.39, 0.29) is 27.4 Å². The Morgan fingerprint density at radius 2 is 1.75 bits per heavy atom. The van der Waals surface area contributed by atoms with Gasteiger partial charge in [-0.05, 0) is 44.9 Å². The predicted octanol–water partition coefficient (Wildman–Crippen LogP) is 3.39. The van der Waals surface area contributed by atoms with E-state index in [0.29, 0.717) is 13.1 Å². The lowest BCUT2D eigenvalue weighted by atomic mass is 10.2. The number of sulfonamides is 1. The van der Waals surface area contributed by atoms with E-state index in [9.17, 15) is 13.2 Å². The van der Waals surface area contributed by atoms with E-state index in [4.69, 9.17) is 11.6 Å². The van der Waals surface area contributed by atoms with Crippen molar-refractivity contribution < 1.29 is 13.2 Å². The Morgan fingerprint density at radius 1 is 1.17 bits per heavy atom. The number of carbonyl (C=O) groups is 1. The van der Waals surface area contributed by atoms with Gasteiger partial charge in [0.1, 0.15) is 0 Å². The molecule has 0 atom stereocenters. The van der Waals surface area contributed by atoms with Gasteiger partial charge < -0.3 is 4.90 Å². The van der Waals surface area contributed by atoms with Gasteiger partial charge in [0, 0.05) is 26.2 Å². The third kappa shape index (κ3) is 4.10. The van der Waals surface area contributed by atoms with Crippen LogP contribution in [0.3, 0.4) is 0 Å². The van der Waals surface area contributed by atoms with Crippen LogP contribution in [0, 0.1) is 0 Å². The van der Waals surface area contributed by atoms with Crippen LogP contribution in [0.25, 0.3) is 0 Å². The fraction of sp³-hybridized carbons (Fsp3) is 0.588. The molecule has 0 spiro atoms. The summed E-state index contributed by atoms with van der Waals surface area (Å²) in [4.78, 5) is 14.7. The smallest absolute Gasteiger partial charge is 0.255 e. The SMILES string of the molecule is CC(C)N(C)S(=O)(=O)c1ccc(Cl)c(C(=O)N2CCCCCC2)c1. The van der Waals surface area contributed by atoms with Gasteiger partial charge in [-0.25, -0.2) is 8.42 Å². The predicted molar refractivity (Wildman–Crippen MR) is 95.9 cm³/mol. The van der Waals surface area contributed by atoms with Crippen molar-refractivity contribution in [3.8, 4) is 0 Å². The Hall–Kier alpha value is -1.11. The minimum absolute atomic E-state index is 0.0984. The molecular formula is C17H25ClN2O3S. The molecule has 1 aliphatic heterocycles. The second-order valence-electron chi connectivity index (χ2n) is 6.46. The summed E-state index contributed by atoms with van der Waals surface area (Å²) >= 11 is 6.19. The molecule has 1 aliphatic rings. The molecule has 0 N–H and O–H groups in total. The van der Waals surface area contributed by atoms with Crippen LogP contribution in [-0.4, -0.2) is 49.7 Å². The van der Waals surface area contributed by atoms with Crippen LogP contribution in [0.15, 0.2) is 23.1 Å². The summed E-state index contributed by atoms with van der Waals surface area (Å²) in [7, 11) is -2.11. The standard InChI is InChI=1S/C17H25ClN2O3S/c1-13(2)19(3)24(22,23)14-8-9-16(18)15(12-14)17(21)20-10-6-4-5-7-11-20/h8-9,12-13H,4-7,10-11H2,1-3H3. The number of nitrogens with zero attached hydrogens (tertiary/aromatic N) is 2. The highest BCUT2D eigenvalue weighted by Gasteiger charge is 2.26. The summed E-state index contributed by atoms with van der Waals surface area (Å²) in [5, 5.41) is 0.287. The number of benzene rings is 1. The van der Waals surface area contributed by atoms with Crippen molar-refractivity contribution >= 4 is 27.5 Å². The van der Waals surface area contributed by atoms with Gasteiger partial charge in [0.2, 0.25) is 10.0 Å². The molecule has 1 heterocycles. The Bertz CT molecular complexity index is 696. The maximum absolute atomic E-state index is 12.8. The van der Waals surface area contributed by atoms with Crippen LogP contribution in [0.5, 0.6) is 0 Å². The molecule has 1 fully saturated rings. The van der Waals surface area contributed by atoms with Gasteiger partial charge in [-0.1, -0.05) is 24.4 Å². The number of amides is 1. The molecular weight excluding hydrogens is 348 g/mol. The molecule has 24 heavy (non-hydrogen) atoms. The molecule has 0 saturated carbocycles. The van der Waals surface area contributed by atoms with Crippen molar-refractivity contribution in [1.29, 1.82) is 0 Å². The largest absolute Gasteiger partial charge is 0.339 e. The van der Waals surface area contributed by atoms with Crippen LogP contribution in [-0.2, 0) is 10.0 Å². The van der Waals surface area contributed by atoms with Crippen LogP contribution in [0.1, 0.15) is 49.9 Å². The maximum Gasteiger partial charge on any atom is 0.255 e. The van der Waals surface area contributed by atoms with Gasteiger partial charge in [-0.15, -0.1) is 0 Å². The summed E-state index contributed by atoms with van der Waals surface area (Å²) < 4.78 is 26.6. The number of carbonyl (C=O) groups excluding carboxylic acids is 1. The molecule has 0 aliphatic carbocycles. The lowest BCUT2D eigenvalue weighted by Gasteiger charge is -2.23. The zero-order valence-corrected chi connectivity index (χ0v) is 16.0. The van der Waals surface area contributed by atoms with Crippen LogP contribution < -0.4 is 0 Å². The zero-order valence-electron chi connectivity index (χ0n) is 14.5. The van der Waals surface area contributed by atoms with E-state index in [2.05, 4.69) is 0 Å². The van der Waals surface area contributed by atoms with Crippen molar-refractivity contribution in [2.75, 3.05) is 20.1 Å². The summed E-state index contributed by atoms with van der Waals surface area (Å²) in [6.45, 7) is 4.99. The minimum atomic E-state index is -3.64. The molecule has 0 unspecified atom stereocenters. The molecule has 0 bridgehead atoms. The third-order valence-corrected chi connectivity index (χ3v) is 6.82. The summed E-state index contributed by atoms with van der Waals surface area (Å²) in [6, 6.07) is 4.18. The molecule has 5 nitrogen and oxygen atoms in total. The first kappa shape index (κ1) is 19.2. The van der Waals surface area contributed by atoms with Crippen molar-refractivity contribution in [3.05, 3.63) is 28.8 Å². The van der Waals surface area contributed by atoms with E-state index in [1.54, 1.807) is 18.7 Å². The van der Waals surface area contributed by atoms with Gasteiger partial charge >= 0.3 is 0 Å². The van der Waals surface area contributed by atoms with Gasteiger partial charge in [0.25, 0.3) is 5.91 Å². The van der Waals surface area contributed by atoms with E-state index in [1.807, 2.05) is 0 Å². The second-order valence-corrected chi connectivity index (χ2v) is 8.87. The monoisotopic (exact) mass is 372 g/mol. The number of likely N-dealkylation sites (tertiary alicyclic amines) is 1. The topological polar surface area (TPSA) is 57.7 Å². The van der Waals surface area contributed by atoms with E-state index >= 15 is 0 Å². The van der Waals surface area contributed by atoms with Crippen molar-refractivity contribution in [2.45, 2.75) is 50.5 Å². The Balaban J connectivity index is 2.36.